The van der Waals surface area contributed by atoms with Gasteiger partial charge in [0.05, 0.1) is 12.6 Å². The highest BCUT2D eigenvalue weighted by molar-refractivity contribution is 5.96. The lowest BCUT2D eigenvalue weighted by molar-refractivity contribution is -0.122. The minimum atomic E-state index is -0.215. The minimum absolute atomic E-state index is 0.00780. The Morgan fingerprint density at radius 2 is 1.75 bits per heavy atom. The molecule has 0 atom stereocenters. The molecule has 2 fully saturated rings. The fourth-order valence-corrected chi connectivity index (χ4v) is 5.19. The van der Waals surface area contributed by atoms with Gasteiger partial charge < -0.3 is 20.3 Å². The topological polar surface area (TPSA) is 73.9 Å². The summed E-state index contributed by atoms with van der Waals surface area (Å²) >= 11 is 0. The highest BCUT2D eigenvalue weighted by Crippen LogP contribution is 2.36. The van der Waals surface area contributed by atoms with E-state index in [1.807, 2.05) is 25.1 Å². The molecule has 2 N–H and O–H groups in total. The van der Waals surface area contributed by atoms with Gasteiger partial charge in [0.15, 0.2) is 0 Å². The quantitative estimate of drug-likeness (QED) is 0.533. The first-order valence-electron chi connectivity index (χ1n) is 13.1. The van der Waals surface area contributed by atoms with Gasteiger partial charge in [-0.1, -0.05) is 29.8 Å². The second-order valence-electron chi connectivity index (χ2n) is 10.5. The minimum Gasteiger partial charge on any atom is -0.492 e. The van der Waals surface area contributed by atoms with E-state index in [2.05, 4.69) is 58.8 Å². The maximum absolute atomic E-state index is 12.3. The van der Waals surface area contributed by atoms with E-state index in [0.717, 1.165) is 30.9 Å². The summed E-state index contributed by atoms with van der Waals surface area (Å²) in [5.41, 5.74) is 3.02. The molecule has 1 saturated carbocycles. The molecule has 1 saturated heterocycles. The van der Waals surface area contributed by atoms with Crippen LogP contribution in [0.4, 0.5) is 0 Å². The standard InChI is InChI=1S/C29H40N4O3/c1-21-5-4-6-24(17-21)29(35)30-18-28(34)31-25-19-33(20-25)26-11-7-22(8-12-26)23-9-13-27(14-10-23)36-16-15-32(2)3/h4-6,9-10,13-14,17,22,25-26H,7-8,11-12,15-16,18-20H2,1-3H3,(H,30,35)(H,31,34)/t22-,26+. The van der Waals surface area contributed by atoms with Crippen LogP contribution in [0.25, 0.3) is 0 Å². The molecule has 0 spiro atoms. The molecule has 1 aliphatic heterocycles. The number of hydrogen-bond donors (Lipinski definition) is 2. The summed E-state index contributed by atoms with van der Waals surface area (Å²) in [6.07, 6.45) is 4.78. The maximum atomic E-state index is 12.3. The van der Waals surface area contributed by atoms with Crippen molar-refractivity contribution in [2.75, 3.05) is 46.9 Å². The smallest absolute Gasteiger partial charge is 0.251 e. The number of aryl methyl sites for hydroxylation is 1. The van der Waals surface area contributed by atoms with Gasteiger partial charge in [0, 0.05) is 31.2 Å². The average molecular weight is 493 g/mol. The Kier molecular flexibility index (Phi) is 8.99. The lowest BCUT2D eigenvalue weighted by Gasteiger charge is -2.46. The van der Waals surface area contributed by atoms with Gasteiger partial charge in [-0.15, -0.1) is 0 Å². The van der Waals surface area contributed by atoms with Crippen molar-refractivity contribution < 1.29 is 14.3 Å². The molecule has 0 unspecified atom stereocenters. The van der Waals surface area contributed by atoms with Gasteiger partial charge in [-0.05, 0) is 82.4 Å². The summed E-state index contributed by atoms with van der Waals surface area (Å²) in [5, 5.41) is 5.77. The van der Waals surface area contributed by atoms with Crippen LogP contribution >= 0.6 is 0 Å². The predicted octanol–water partition coefficient (Wildman–Crippen LogP) is 3.19. The highest BCUT2D eigenvalue weighted by atomic mass is 16.5. The Labute approximate surface area is 215 Å². The Balaban J connectivity index is 1.12. The first kappa shape index (κ1) is 26.2. The second kappa shape index (κ2) is 12.4. The number of ether oxygens (including phenoxy) is 1. The van der Waals surface area contributed by atoms with Crippen LogP contribution in [0.5, 0.6) is 5.75 Å². The molecule has 7 nitrogen and oxygen atoms in total. The summed E-state index contributed by atoms with van der Waals surface area (Å²) in [7, 11) is 4.10. The van der Waals surface area contributed by atoms with Crippen molar-refractivity contribution in [1.29, 1.82) is 0 Å². The Morgan fingerprint density at radius 1 is 1.03 bits per heavy atom. The SMILES string of the molecule is Cc1cccc(C(=O)NCC(=O)NC2CN([C@H]3CC[C@@H](c4ccc(OCCN(C)C)cc4)CC3)C2)c1. The van der Waals surface area contributed by atoms with Gasteiger partial charge in [0.1, 0.15) is 12.4 Å². The van der Waals surface area contributed by atoms with Crippen LogP contribution in [0.2, 0.25) is 0 Å². The number of likely N-dealkylation sites (N-methyl/N-ethyl adjacent to an activating group) is 1. The Morgan fingerprint density at radius 3 is 2.42 bits per heavy atom. The van der Waals surface area contributed by atoms with E-state index >= 15 is 0 Å². The van der Waals surface area contributed by atoms with Crippen LogP contribution in [0, 0.1) is 6.92 Å². The molecule has 1 heterocycles. The van der Waals surface area contributed by atoms with E-state index in [1.165, 1.54) is 31.2 Å². The van der Waals surface area contributed by atoms with Gasteiger partial charge in [-0.2, -0.15) is 0 Å². The maximum Gasteiger partial charge on any atom is 0.251 e. The molecule has 0 bridgehead atoms. The van der Waals surface area contributed by atoms with Crippen LogP contribution in [-0.4, -0.2) is 80.6 Å². The van der Waals surface area contributed by atoms with E-state index in [1.54, 1.807) is 6.07 Å². The van der Waals surface area contributed by atoms with Crippen LogP contribution in [0.1, 0.15) is 53.1 Å². The van der Waals surface area contributed by atoms with Crippen LogP contribution in [0.15, 0.2) is 48.5 Å². The van der Waals surface area contributed by atoms with Gasteiger partial charge in [-0.3, -0.25) is 14.5 Å². The molecule has 2 aromatic carbocycles. The number of nitrogens with one attached hydrogen (secondary N) is 2. The molecule has 194 valence electrons. The predicted molar refractivity (Wildman–Crippen MR) is 143 cm³/mol. The number of likely N-dealkylation sites (tertiary alicyclic amines) is 1. The third kappa shape index (κ3) is 7.31. The number of rotatable bonds is 10. The number of carbonyl (C=O) groups excluding carboxylic acids is 2. The molecule has 2 aromatic rings. The summed E-state index contributed by atoms with van der Waals surface area (Å²) in [4.78, 5) is 29.1. The number of nitrogens with zero attached hydrogens (tertiary/aromatic N) is 2. The molecule has 0 aromatic heterocycles. The molecular formula is C29H40N4O3. The first-order chi connectivity index (χ1) is 17.4. The summed E-state index contributed by atoms with van der Waals surface area (Å²) in [6, 6.07) is 16.8. The molecule has 2 aliphatic rings. The van der Waals surface area contributed by atoms with E-state index in [-0.39, 0.29) is 24.4 Å². The summed E-state index contributed by atoms with van der Waals surface area (Å²) in [5.74, 6) is 1.22. The van der Waals surface area contributed by atoms with Crippen molar-refractivity contribution in [3.63, 3.8) is 0 Å². The summed E-state index contributed by atoms with van der Waals surface area (Å²) < 4.78 is 5.82. The first-order valence-corrected chi connectivity index (χ1v) is 13.1. The van der Waals surface area contributed by atoms with E-state index in [4.69, 9.17) is 4.74 Å². The number of benzene rings is 2. The largest absolute Gasteiger partial charge is 0.492 e. The fraction of sp³-hybridized carbons (Fsp3) is 0.517. The van der Waals surface area contributed by atoms with Crippen LogP contribution in [-0.2, 0) is 4.79 Å². The van der Waals surface area contributed by atoms with Crippen molar-refractivity contribution >= 4 is 11.8 Å². The normalized spacial score (nSPS) is 20.6. The zero-order chi connectivity index (χ0) is 25.5. The molecule has 7 heteroatoms. The third-order valence-corrected chi connectivity index (χ3v) is 7.34. The zero-order valence-corrected chi connectivity index (χ0v) is 21.8. The molecule has 4 rings (SSSR count). The molecule has 0 radical (unpaired) electrons. The summed E-state index contributed by atoms with van der Waals surface area (Å²) in [6.45, 7) is 5.36. The monoisotopic (exact) mass is 492 g/mol. The highest BCUT2D eigenvalue weighted by Gasteiger charge is 2.35. The van der Waals surface area contributed by atoms with Gasteiger partial charge in [-0.25, -0.2) is 0 Å². The third-order valence-electron chi connectivity index (χ3n) is 7.34. The van der Waals surface area contributed by atoms with E-state index in [0.29, 0.717) is 24.1 Å². The van der Waals surface area contributed by atoms with Crippen molar-refractivity contribution in [3.8, 4) is 5.75 Å². The lowest BCUT2D eigenvalue weighted by Crippen LogP contribution is -2.63. The van der Waals surface area contributed by atoms with Crippen molar-refractivity contribution in [2.24, 2.45) is 0 Å². The Bertz CT molecular complexity index is 1010. The fourth-order valence-electron chi connectivity index (χ4n) is 5.19. The molecule has 36 heavy (non-hydrogen) atoms. The van der Waals surface area contributed by atoms with Crippen molar-refractivity contribution in [1.82, 2.24) is 20.4 Å². The number of carbonyl (C=O) groups is 2. The van der Waals surface area contributed by atoms with Crippen molar-refractivity contribution in [2.45, 2.75) is 50.6 Å². The molecule has 1 aliphatic carbocycles. The van der Waals surface area contributed by atoms with Crippen molar-refractivity contribution in [3.05, 3.63) is 65.2 Å². The van der Waals surface area contributed by atoms with Gasteiger partial charge in [0.2, 0.25) is 5.91 Å². The lowest BCUT2D eigenvalue weighted by atomic mass is 9.80. The zero-order valence-electron chi connectivity index (χ0n) is 21.8. The van der Waals surface area contributed by atoms with E-state index in [9.17, 15) is 9.59 Å². The Hall–Kier alpha value is -2.90. The average Bonchev–Trinajstić information content (AvgIpc) is 2.85. The molecule has 2 amide bonds. The van der Waals surface area contributed by atoms with Gasteiger partial charge >= 0.3 is 0 Å². The second-order valence-corrected chi connectivity index (χ2v) is 10.5. The number of amides is 2. The number of hydrogen-bond acceptors (Lipinski definition) is 5. The van der Waals surface area contributed by atoms with Gasteiger partial charge in [0.25, 0.3) is 5.91 Å². The van der Waals surface area contributed by atoms with Crippen LogP contribution < -0.4 is 15.4 Å². The van der Waals surface area contributed by atoms with Crippen LogP contribution in [0.3, 0.4) is 0 Å². The molecular weight excluding hydrogens is 452 g/mol. The van der Waals surface area contributed by atoms with E-state index < -0.39 is 0 Å².